The molecule has 2 aromatic carbocycles. The highest BCUT2D eigenvalue weighted by Crippen LogP contribution is 2.21. The summed E-state index contributed by atoms with van der Waals surface area (Å²) >= 11 is 3.18. The molecule has 27 heavy (non-hydrogen) atoms. The van der Waals surface area contributed by atoms with Crippen LogP contribution in [0, 0.1) is 12.7 Å². The first-order valence-corrected chi connectivity index (χ1v) is 10.7. The van der Waals surface area contributed by atoms with Crippen LogP contribution in [-0.2, 0) is 17.0 Å². The van der Waals surface area contributed by atoms with Crippen molar-refractivity contribution >= 4 is 29.0 Å². The number of benzene rings is 2. The molecule has 1 aromatic heterocycles. The van der Waals surface area contributed by atoms with E-state index >= 15 is 0 Å². The van der Waals surface area contributed by atoms with Crippen molar-refractivity contribution < 1.29 is 9.18 Å². The minimum Gasteiger partial charge on any atom is -0.355 e. The minimum absolute atomic E-state index is 0.0247. The summed E-state index contributed by atoms with van der Waals surface area (Å²) in [6.45, 7) is 2.62. The fraction of sp³-hybridized carbons (Fsp3) is 0.238. The first-order chi connectivity index (χ1) is 13.1. The molecule has 0 fully saturated rings. The van der Waals surface area contributed by atoms with E-state index < -0.39 is 0 Å². The van der Waals surface area contributed by atoms with E-state index in [0.717, 1.165) is 28.2 Å². The van der Waals surface area contributed by atoms with Crippen molar-refractivity contribution in [1.82, 2.24) is 10.3 Å². The Bertz CT molecular complexity index is 876. The number of thiazole rings is 1. The predicted molar refractivity (Wildman–Crippen MR) is 112 cm³/mol. The van der Waals surface area contributed by atoms with Crippen LogP contribution in [0.25, 0.3) is 11.3 Å². The highest BCUT2D eigenvalue weighted by atomic mass is 32.2. The number of halogens is 1. The molecule has 3 nitrogen and oxygen atoms in total. The molecule has 0 aliphatic rings. The smallest absolute Gasteiger partial charge is 0.230 e. The normalized spacial score (nSPS) is 10.7. The maximum absolute atomic E-state index is 12.9. The number of carbonyl (C=O) groups is 1. The van der Waals surface area contributed by atoms with Crippen molar-refractivity contribution in [2.24, 2.45) is 0 Å². The quantitative estimate of drug-likeness (QED) is 0.588. The number of hydrogen-bond acceptors (Lipinski definition) is 4. The lowest BCUT2D eigenvalue weighted by Crippen LogP contribution is -2.27. The van der Waals surface area contributed by atoms with Crippen LogP contribution in [0.5, 0.6) is 0 Å². The topological polar surface area (TPSA) is 42.0 Å². The lowest BCUT2D eigenvalue weighted by Gasteiger charge is -2.06. The van der Waals surface area contributed by atoms with Gasteiger partial charge in [0.25, 0.3) is 0 Å². The lowest BCUT2D eigenvalue weighted by atomic mass is 10.1. The van der Waals surface area contributed by atoms with Crippen molar-refractivity contribution in [1.29, 1.82) is 0 Å². The molecular formula is C21H21FN2OS2. The van der Waals surface area contributed by atoms with Crippen LogP contribution in [0.4, 0.5) is 4.39 Å². The van der Waals surface area contributed by atoms with Crippen LogP contribution in [0.2, 0.25) is 0 Å². The molecular weight excluding hydrogens is 379 g/mol. The number of aromatic nitrogens is 1. The number of nitrogens with one attached hydrogen (secondary N) is 1. The Morgan fingerprint density at radius 3 is 2.48 bits per heavy atom. The Balaban J connectivity index is 1.36. The Hall–Kier alpha value is -2.18. The van der Waals surface area contributed by atoms with Gasteiger partial charge in [-0.15, -0.1) is 23.1 Å². The van der Waals surface area contributed by atoms with Crippen molar-refractivity contribution in [2.45, 2.75) is 19.1 Å². The minimum atomic E-state index is -0.240. The molecule has 3 aromatic rings. The van der Waals surface area contributed by atoms with Gasteiger partial charge in [0.15, 0.2) is 0 Å². The standard InChI is InChI=1S/C21H21FN2OS2/c1-15-24-20(13-27-15)18-6-2-16(3-7-18)10-11-23-21(25)14-26-12-17-4-8-19(22)9-5-17/h2-9,13H,10-12,14H2,1H3,(H,23,25). The Morgan fingerprint density at radius 1 is 1.11 bits per heavy atom. The molecule has 1 N–H and O–H groups in total. The van der Waals surface area contributed by atoms with Gasteiger partial charge < -0.3 is 5.32 Å². The zero-order valence-electron chi connectivity index (χ0n) is 15.1. The summed E-state index contributed by atoms with van der Waals surface area (Å²) in [7, 11) is 0. The molecule has 0 aliphatic heterocycles. The third-order valence-corrected chi connectivity index (χ3v) is 5.80. The monoisotopic (exact) mass is 400 g/mol. The summed E-state index contributed by atoms with van der Waals surface area (Å²) in [5.74, 6) is 0.887. The van der Waals surface area contributed by atoms with Gasteiger partial charge in [0.2, 0.25) is 5.91 Å². The van der Waals surface area contributed by atoms with Gasteiger partial charge in [0, 0.05) is 23.2 Å². The van der Waals surface area contributed by atoms with E-state index in [0.29, 0.717) is 18.1 Å². The average molecular weight is 401 g/mol. The van der Waals surface area contributed by atoms with Gasteiger partial charge in [-0.05, 0) is 36.6 Å². The molecule has 0 unspecified atom stereocenters. The molecule has 140 valence electrons. The molecule has 6 heteroatoms. The van der Waals surface area contributed by atoms with E-state index in [1.54, 1.807) is 23.5 Å². The number of hydrogen-bond donors (Lipinski definition) is 1. The molecule has 3 rings (SSSR count). The van der Waals surface area contributed by atoms with Gasteiger partial charge in [-0.1, -0.05) is 36.4 Å². The van der Waals surface area contributed by atoms with Crippen LogP contribution < -0.4 is 5.32 Å². The Morgan fingerprint density at radius 2 is 1.81 bits per heavy atom. The summed E-state index contributed by atoms with van der Waals surface area (Å²) in [5.41, 5.74) is 4.33. The van der Waals surface area contributed by atoms with Crippen molar-refractivity contribution in [3.8, 4) is 11.3 Å². The third-order valence-electron chi connectivity index (χ3n) is 4.02. The fourth-order valence-corrected chi connectivity index (χ4v) is 4.02. The van der Waals surface area contributed by atoms with Crippen molar-refractivity contribution in [2.75, 3.05) is 12.3 Å². The summed E-state index contributed by atoms with van der Waals surface area (Å²) in [6, 6.07) is 14.7. The summed E-state index contributed by atoms with van der Waals surface area (Å²) in [6.07, 6.45) is 0.796. The van der Waals surface area contributed by atoms with Crippen LogP contribution in [0.15, 0.2) is 53.9 Å². The first-order valence-electron chi connectivity index (χ1n) is 8.70. The number of aryl methyl sites for hydroxylation is 1. The molecule has 1 heterocycles. The second kappa shape index (κ2) is 9.67. The van der Waals surface area contributed by atoms with Gasteiger partial charge in [-0.25, -0.2) is 9.37 Å². The molecule has 1 amide bonds. The average Bonchev–Trinajstić information content (AvgIpc) is 3.10. The SMILES string of the molecule is Cc1nc(-c2ccc(CCNC(=O)CSCc3ccc(F)cc3)cc2)cs1. The van der Waals surface area contributed by atoms with Crippen LogP contribution in [-0.4, -0.2) is 23.2 Å². The number of thioether (sulfide) groups is 1. The van der Waals surface area contributed by atoms with Crippen LogP contribution >= 0.6 is 23.1 Å². The number of rotatable bonds is 8. The zero-order chi connectivity index (χ0) is 19.1. The maximum Gasteiger partial charge on any atom is 0.230 e. The molecule has 0 radical (unpaired) electrons. The van der Waals surface area contributed by atoms with E-state index in [9.17, 15) is 9.18 Å². The largest absolute Gasteiger partial charge is 0.355 e. The van der Waals surface area contributed by atoms with Gasteiger partial charge in [-0.3, -0.25) is 4.79 Å². The fourth-order valence-electron chi connectivity index (χ4n) is 2.58. The number of carbonyl (C=O) groups excluding carboxylic acids is 1. The second-order valence-electron chi connectivity index (χ2n) is 6.17. The van der Waals surface area contributed by atoms with Crippen LogP contribution in [0.1, 0.15) is 16.1 Å². The van der Waals surface area contributed by atoms with E-state index in [1.165, 1.54) is 29.5 Å². The molecule has 0 saturated heterocycles. The van der Waals surface area contributed by atoms with E-state index in [2.05, 4.69) is 39.9 Å². The van der Waals surface area contributed by atoms with Gasteiger partial charge in [0.1, 0.15) is 5.82 Å². The van der Waals surface area contributed by atoms with E-state index in [-0.39, 0.29) is 11.7 Å². The Labute approximate surface area is 167 Å². The summed E-state index contributed by atoms with van der Waals surface area (Å²) < 4.78 is 12.9. The van der Waals surface area contributed by atoms with Gasteiger partial charge in [-0.2, -0.15) is 0 Å². The molecule has 0 spiro atoms. The van der Waals surface area contributed by atoms with Gasteiger partial charge in [0.05, 0.1) is 16.5 Å². The number of nitrogens with zero attached hydrogens (tertiary/aromatic N) is 1. The highest BCUT2D eigenvalue weighted by Gasteiger charge is 2.04. The molecule has 0 saturated carbocycles. The maximum atomic E-state index is 12.9. The van der Waals surface area contributed by atoms with Crippen LogP contribution in [0.3, 0.4) is 0 Å². The Kier molecular flexibility index (Phi) is 7.01. The highest BCUT2D eigenvalue weighted by molar-refractivity contribution is 7.99. The first kappa shape index (κ1) is 19.6. The van der Waals surface area contributed by atoms with Crippen molar-refractivity contribution in [3.05, 3.63) is 75.9 Å². The molecule has 0 aliphatic carbocycles. The number of amides is 1. The lowest BCUT2D eigenvalue weighted by molar-refractivity contribution is -0.118. The van der Waals surface area contributed by atoms with Gasteiger partial charge >= 0.3 is 0 Å². The van der Waals surface area contributed by atoms with E-state index in [1.807, 2.05) is 6.92 Å². The molecule has 0 bridgehead atoms. The van der Waals surface area contributed by atoms with Crippen molar-refractivity contribution in [3.63, 3.8) is 0 Å². The zero-order valence-corrected chi connectivity index (χ0v) is 16.7. The predicted octanol–water partition coefficient (Wildman–Crippen LogP) is 4.85. The second-order valence-corrected chi connectivity index (χ2v) is 8.22. The molecule has 0 atom stereocenters. The summed E-state index contributed by atoms with van der Waals surface area (Å²) in [4.78, 5) is 16.4. The van der Waals surface area contributed by atoms with E-state index in [4.69, 9.17) is 0 Å². The summed E-state index contributed by atoms with van der Waals surface area (Å²) in [5, 5.41) is 6.07. The third kappa shape index (κ3) is 6.19.